The highest BCUT2D eigenvalue weighted by atomic mass is 32.2. The molecule has 1 atom stereocenters. The number of aromatic nitrogens is 1. The van der Waals surface area contributed by atoms with Crippen molar-refractivity contribution in [2.45, 2.75) is 23.5 Å². The molecule has 2 aromatic carbocycles. The van der Waals surface area contributed by atoms with Crippen LogP contribution in [0.2, 0.25) is 0 Å². The Hall–Kier alpha value is -2.20. The molecule has 0 aliphatic heterocycles. The van der Waals surface area contributed by atoms with Gasteiger partial charge in [-0.2, -0.15) is 0 Å². The quantitative estimate of drug-likeness (QED) is 0.673. The maximum Gasteiger partial charge on any atom is 0.233 e. The van der Waals surface area contributed by atoms with E-state index >= 15 is 0 Å². The lowest BCUT2D eigenvalue weighted by molar-refractivity contribution is -0.120. The minimum absolute atomic E-state index is 0.0821. The van der Waals surface area contributed by atoms with Gasteiger partial charge in [0.05, 0.1) is 5.25 Å². The molecule has 0 radical (unpaired) electrons. The monoisotopic (exact) mass is 324 g/mol. The number of H-pyrrole nitrogens is 1. The number of fused-ring (bicyclic) bond motifs is 1. The number of amides is 1. The molecule has 0 spiro atoms. The normalized spacial score (nSPS) is 12.2. The maximum atomic E-state index is 12.2. The van der Waals surface area contributed by atoms with E-state index in [2.05, 4.69) is 22.4 Å². The summed E-state index contributed by atoms with van der Waals surface area (Å²) in [7, 11) is 0. The number of carbonyl (C=O) groups is 1. The van der Waals surface area contributed by atoms with E-state index in [9.17, 15) is 4.79 Å². The average Bonchev–Trinajstić information content (AvgIpc) is 2.99. The predicted molar refractivity (Wildman–Crippen MR) is 96.8 cm³/mol. The number of carbonyl (C=O) groups excluding carboxylic acids is 1. The van der Waals surface area contributed by atoms with Gasteiger partial charge in [-0.05, 0) is 37.1 Å². The van der Waals surface area contributed by atoms with Crippen molar-refractivity contribution in [1.82, 2.24) is 10.3 Å². The Morgan fingerprint density at radius 3 is 2.70 bits per heavy atom. The summed E-state index contributed by atoms with van der Waals surface area (Å²) in [5.41, 5.74) is 2.38. The van der Waals surface area contributed by atoms with Crippen molar-refractivity contribution in [3.05, 3.63) is 66.4 Å². The number of nitrogens with one attached hydrogen (secondary N) is 2. The lowest BCUT2D eigenvalue weighted by Crippen LogP contribution is -2.32. The molecule has 1 aromatic heterocycles. The summed E-state index contributed by atoms with van der Waals surface area (Å²) in [6.45, 7) is 2.60. The van der Waals surface area contributed by atoms with Crippen molar-refractivity contribution < 1.29 is 4.79 Å². The van der Waals surface area contributed by atoms with Crippen LogP contribution in [0.25, 0.3) is 10.9 Å². The second-order valence-electron chi connectivity index (χ2n) is 5.47. The Bertz CT molecular complexity index is 782. The average molecular weight is 324 g/mol. The van der Waals surface area contributed by atoms with E-state index < -0.39 is 0 Å². The highest BCUT2D eigenvalue weighted by Crippen LogP contribution is 2.22. The number of rotatable bonds is 6. The van der Waals surface area contributed by atoms with E-state index in [1.807, 2.05) is 55.6 Å². The number of hydrogen-bond acceptors (Lipinski definition) is 2. The third-order valence-electron chi connectivity index (χ3n) is 3.79. The summed E-state index contributed by atoms with van der Waals surface area (Å²) < 4.78 is 0. The van der Waals surface area contributed by atoms with Gasteiger partial charge in [0, 0.05) is 28.5 Å². The standard InChI is InChI=1S/C19H20N2OS/c1-14(23-16-7-3-2-4-8-16)19(22)20-12-11-15-13-21-18-10-6-5-9-17(15)18/h2-10,13-14,21H,11-12H2,1H3,(H,20,22). The first-order valence-corrected chi connectivity index (χ1v) is 8.66. The molecule has 4 heteroatoms. The minimum atomic E-state index is -0.0969. The molecule has 0 saturated carbocycles. The summed E-state index contributed by atoms with van der Waals surface area (Å²) in [5, 5.41) is 4.17. The Kier molecular flexibility index (Phi) is 5.03. The van der Waals surface area contributed by atoms with Gasteiger partial charge in [0.15, 0.2) is 0 Å². The second kappa shape index (κ2) is 7.38. The zero-order valence-electron chi connectivity index (χ0n) is 13.1. The van der Waals surface area contributed by atoms with Crippen LogP contribution in [0.5, 0.6) is 0 Å². The van der Waals surface area contributed by atoms with Gasteiger partial charge in [0.25, 0.3) is 0 Å². The van der Waals surface area contributed by atoms with Crippen LogP contribution in [0.1, 0.15) is 12.5 Å². The molecule has 118 valence electrons. The van der Waals surface area contributed by atoms with Crippen LogP contribution in [0, 0.1) is 0 Å². The molecule has 1 heterocycles. The first-order valence-electron chi connectivity index (χ1n) is 7.78. The number of benzene rings is 2. The fourth-order valence-corrected chi connectivity index (χ4v) is 3.47. The van der Waals surface area contributed by atoms with E-state index in [4.69, 9.17) is 0 Å². The van der Waals surface area contributed by atoms with Gasteiger partial charge in [0.1, 0.15) is 0 Å². The van der Waals surface area contributed by atoms with E-state index in [-0.39, 0.29) is 11.2 Å². The van der Waals surface area contributed by atoms with Crippen LogP contribution in [0.3, 0.4) is 0 Å². The summed E-state index contributed by atoms with van der Waals surface area (Å²) in [4.78, 5) is 16.6. The Morgan fingerprint density at radius 1 is 1.13 bits per heavy atom. The zero-order valence-corrected chi connectivity index (χ0v) is 13.9. The van der Waals surface area contributed by atoms with Crippen LogP contribution >= 0.6 is 11.8 Å². The van der Waals surface area contributed by atoms with Crippen LogP contribution in [-0.2, 0) is 11.2 Å². The molecule has 1 unspecified atom stereocenters. The van der Waals surface area contributed by atoms with Gasteiger partial charge in [-0.3, -0.25) is 4.79 Å². The Morgan fingerprint density at radius 2 is 1.87 bits per heavy atom. The molecule has 0 bridgehead atoms. The fourth-order valence-electron chi connectivity index (χ4n) is 2.56. The molecule has 1 amide bonds. The van der Waals surface area contributed by atoms with Crippen LogP contribution in [0.4, 0.5) is 0 Å². The van der Waals surface area contributed by atoms with Gasteiger partial charge >= 0.3 is 0 Å². The Balaban J connectivity index is 1.51. The number of hydrogen-bond donors (Lipinski definition) is 2. The second-order valence-corrected chi connectivity index (χ2v) is 6.89. The van der Waals surface area contributed by atoms with Crippen molar-refractivity contribution in [2.24, 2.45) is 0 Å². The summed E-state index contributed by atoms with van der Waals surface area (Å²) in [6.07, 6.45) is 2.86. The van der Waals surface area contributed by atoms with Crippen molar-refractivity contribution >= 4 is 28.6 Å². The topological polar surface area (TPSA) is 44.9 Å². The number of aromatic amines is 1. The zero-order chi connectivity index (χ0) is 16.1. The van der Waals surface area contributed by atoms with Crippen molar-refractivity contribution in [2.75, 3.05) is 6.54 Å². The maximum absolute atomic E-state index is 12.2. The van der Waals surface area contributed by atoms with Crippen molar-refractivity contribution in [3.63, 3.8) is 0 Å². The molecule has 3 rings (SSSR count). The van der Waals surface area contributed by atoms with E-state index in [1.165, 1.54) is 10.9 Å². The van der Waals surface area contributed by atoms with Crippen LogP contribution in [-0.4, -0.2) is 22.7 Å². The molecule has 2 N–H and O–H groups in total. The summed E-state index contributed by atoms with van der Waals surface area (Å²) >= 11 is 1.58. The highest BCUT2D eigenvalue weighted by Gasteiger charge is 2.13. The van der Waals surface area contributed by atoms with Gasteiger partial charge in [-0.25, -0.2) is 0 Å². The largest absolute Gasteiger partial charge is 0.361 e. The summed E-state index contributed by atoms with van der Waals surface area (Å²) in [5.74, 6) is 0.0821. The SMILES string of the molecule is CC(Sc1ccccc1)C(=O)NCCc1c[nH]c2ccccc12. The van der Waals surface area contributed by atoms with Gasteiger partial charge in [-0.1, -0.05) is 36.4 Å². The minimum Gasteiger partial charge on any atom is -0.361 e. The van der Waals surface area contributed by atoms with Crippen LogP contribution in [0.15, 0.2) is 65.7 Å². The molecule has 0 fully saturated rings. The molecule has 0 aliphatic carbocycles. The molecule has 3 aromatic rings. The Labute approximate surface area is 140 Å². The summed E-state index contributed by atoms with van der Waals surface area (Å²) in [6, 6.07) is 18.3. The highest BCUT2D eigenvalue weighted by molar-refractivity contribution is 8.00. The van der Waals surface area contributed by atoms with E-state index in [0.717, 1.165) is 16.8 Å². The molecule has 0 saturated heterocycles. The third kappa shape index (κ3) is 3.96. The first kappa shape index (κ1) is 15.7. The molecule has 3 nitrogen and oxygen atoms in total. The molecule has 23 heavy (non-hydrogen) atoms. The third-order valence-corrected chi connectivity index (χ3v) is 4.91. The number of thioether (sulfide) groups is 1. The van der Waals surface area contributed by atoms with Crippen molar-refractivity contribution in [3.8, 4) is 0 Å². The molecular weight excluding hydrogens is 304 g/mol. The predicted octanol–water partition coefficient (Wildman–Crippen LogP) is 4.01. The fraction of sp³-hybridized carbons (Fsp3) is 0.211. The van der Waals surface area contributed by atoms with E-state index in [1.54, 1.807) is 11.8 Å². The first-order chi connectivity index (χ1) is 11.2. The van der Waals surface area contributed by atoms with Gasteiger partial charge < -0.3 is 10.3 Å². The van der Waals surface area contributed by atoms with Crippen LogP contribution < -0.4 is 5.32 Å². The van der Waals surface area contributed by atoms with E-state index in [0.29, 0.717) is 6.54 Å². The van der Waals surface area contributed by atoms with Gasteiger partial charge in [-0.15, -0.1) is 11.8 Å². The lowest BCUT2D eigenvalue weighted by atomic mass is 10.1. The number of para-hydroxylation sites is 1. The smallest absolute Gasteiger partial charge is 0.233 e. The molecule has 0 aliphatic rings. The lowest BCUT2D eigenvalue weighted by Gasteiger charge is -2.11. The molecular formula is C19H20N2OS. The van der Waals surface area contributed by atoms with Gasteiger partial charge in [0.2, 0.25) is 5.91 Å². The van der Waals surface area contributed by atoms with Crippen molar-refractivity contribution in [1.29, 1.82) is 0 Å².